The van der Waals surface area contributed by atoms with Crippen LogP contribution in [-0.2, 0) is 0 Å². The van der Waals surface area contributed by atoms with Gasteiger partial charge in [-0.05, 0) is 0 Å². The van der Waals surface area contributed by atoms with E-state index in [-0.39, 0.29) is 37.7 Å². The molecule has 1 aliphatic rings. The molecule has 0 atom stereocenters. The van der Waals surface area contributed by atoms with Crippen LogP contribution in [-0.4, -0.2) is 22.1 Å². The van der Waals surface area contributed by atoms with Crippen LogP contribution in [0.3, 0.4) is 0 Å². The first kappa shape index (κ1) is 17.9. The molecule has 0 bridgehead atoms. The van der Waals surface area contributed by atoms with Crippen molar-refractivity contribution in [3.05, 3.63) is 28.7 Å². The molecule has 2 aromatic rings. The Balaban J connectivity index is 0.000001000. The van der Waals surface area contributed by atoms with E-state index in [1.165, 1.54) is 21.5 Å². The smallest absolute Gasteiger partial charge is 0.671 e. The van der Waals surface area contributed by atoms with E-state index < -0.39 is 8.24 Å². The van der Waals surface area contributed by atoms with Gasteiger partial charge in [-0.2, -0.15) is 18.3 Å². The van der Waals surface area contributed by atoms with Crippen LogP contribution in [0.5, 0.6) is 11.5 Å². The largest absolute Gasteiger partial charge is 1.00 e. The molecule has 0 aromatic heterocycles. The van der Waals surface area contributed by atoms with E-state index >= 15 is 0 Å². The molecule has 2 aromatic carbocycles. The molecule has 0 N–H and O–H groups in total. The van der Waals surface area contributed by atoms with Crippen molar-refractivity contribution in [2.45, 2.75) is 20.0 Å². The Kier molecular flexibility index (Phi) is 5.61. The Morgan fingerprint density at radius 1 is 1.10 bits per heavy atom. The molecule has 3 rings (SSSR count). The molecular weight excluding hydrogens is 256 g/mol. The first-order chi connectivity index (χ1) is 8.53. The first-order valence-corrected chi connectivity index (χ1v) is 9.09. The summed E-state index contributed by atoms with van der Waals surface area (Å²) in [5.74, 6) is 1.71. The average Bonchev–Trinajstić information content (AvgIpc) is 2.88. The zero-order chi connectivity index (χ0) is 12.9. The fourth-order valence-corrected chi connectivity index (χ4v) is 4.87. The van der Waals surface area contributed by atoms with Crippen molar-refractivity contribution in [1.82, 2.24) is 0 Å². The Labute approximate surface area is 145 Å². The fourth-order valence-electron chi connectivity index (χ4n) is 2.74. The summed E-state index contributed by atoms with van der Waals surface area (Å²) < 4.78 is 10.9. The predicted octanol–water partition coefficient (Wildman–Crippen LogP) is -2.98. The molecular formula is C14H17Li2NO2Si. The number of aryl methyl sites for hydroxylation is 1. The third-order valence-corrected chi connectivity index (χ3v) is 6.76. The van der Waals surface area contributed by atoms with E-state index in [2.05, 4.69) is 43.2 Å². The summed E-state index contributed by atoms with van der Waals surface area (Å²) in [5, 5.41) is 3.92. The Hall–Kier alpha value is -0.198. The average molecular weight is 273 g/mol. The number of ether oxygens (including phenoxy) is 2. The molecule has 0 aliphatic carbocycles. The van der Waals surface area contributed by atoms with E-state index in [0.717, 1.165) is 11.5 Å². The summed E-state index contributed by atoms with van der Waals surface area (Å²) >= 11 is 0. The molecule has 3 nitrogen and oxygen atoms in total. The van der Waals surface area contributed by atoms with Gasteiger partial charge in [0.2, 0.25) is 6.79 Å². The van der Waals surface area contributed by atoms with Crippen LogP contribution in [0.2, 0.25) is 13.1 Å². The van der Waals surface area contributed by atoms with E-state index in [1.807, 2.05) is 7.05 Å². The van der Waals surface area contributed by atoms with Crippen molar-refractivity contribution in [2.75, 3.05) is 13.8 Å². The minimum atomic E-state index is -1.71. The summed E-state index contributed by atoms with van der Waals surface area (Å²) in [6.07, 6.45) is 0. The second kappa shape index (κ2) is 6.28. The molecule has 1 aliphatic heterocycles. The van der Waals surface area contributed by atoms with Crippen LogP contribution < -0.4 is 52.4 Å². The summed E-state index contributed by atoms with van der Waals surface area (Å²) in [6, 6.07) is 6.42. The zero-order valence-electron chi connectivity index (χ0n) is 13.2. The molecule has 20 heavy (non-hydrogen) atoms. The summed E-state index contributed by atoms with van der Waals surface area (Å²) in [4.78, 5) is 4.63. The van der Waals surface area contributed by atoms with Gasteiger partial charge in [-0.1, -0.05) is 40.4 Å². The van der Waals surface area contributed by atoms with E-state index in [1.54, 1.807) is 0 Å². The van der Waals surface area contributed by atoms with Crippen LogP contribution in [0.1, 0.15) is 5.56 Å². The molecule has 1 heterocycles. The summed E-state index contributed by atoms with van der Waals surface area (Å²) in [5.41, 5.74) is 1.33. The second-order valence-electron chi connectivity index (χ2n) is 5.28. The third-order valence-electron chi connectivity index (χ3n) is 3.75. The van der Waals surface area contributed by atoms with Gasteiger partial charge in [0.25, 0.3) is 0 Å². The Bertz CT molecular complexity index is 625. The maximum atomic E-state index is 5.48. The molecule has 96 valence electrons. The maximum Gasteiger partial charge on any atom is 1.00 e. The van der Waals surface area contributed by atoms with E-state index in [4.69, 9.17) is 9.47 Å². The van der Waals surface area contributed by atoms with Gasteiger partial charge in [0.05, 0.1) is 0 Å². The quantitative estimate of drug-likeness (QED) is 0.432. The zero-order valence-corrected chi connectivity index (χ0v) is 14.2. The van der Waals surface area contributed by atoms with Gasteiger partial charge in [-0.15, -0.1) is 16.3 Å². The molecule has 0 unspecified atom stereocenters. The molecule has 0 saturated heterocycles. The van der Waals surface area contributed by atoms with Crippen molar-refractivity contribution in [3.8, 4) is 11.5 Å². The summed E-state index contributed by atoms with van der Waals surface area (Å²) in [7, 11) is 0.214. The Morgan fingerprint density at radius 2 is 1.70 bits per heavy atom. The van der Waals surface area contributed by atoms with Crippen LogP contribution >= 0.6 is 0 Å². The van der Waals surface area contributed by atoms with Crippen molar-refractivity contribution in [1.29, 1.82) is 0 Å². The number of hydrogen-bond donors (Lipinski definition) is 0. The number of rotatable bonds is 2. The van der Waals surface area contributed by atoms with Crippen LogP contribution in [0, 0.1) is 6.92 Å². The second-order valence-corrected chi connectivity index (χ2v) is 9.34. The number of nitrogens with zero attached hydrogens (tertiary/aromatic N) is 1. The molecule has 0 spiro atoms. The third kappa shape index (κ3) is 2.74. The standard InChI is InChI=1S/C14H17NO2Si.2Li/c1-9-5-10-6-12-13(17-8-16-12)7-11(10)14(9)18(3,4)15-2;;/h5-7H,8H2,1-4H3;;/q-2;2*+1. The predicted molar refractivity (Wildman–Crippen MR) is 76.8 cm³/mol. The minimum Gasteiger partial charge on any atom is -0.671 e. The van der Waals surface area contributed by atoms with Gasteiger partial charge < -0.3 is 14.5 Å². The molecule has 0 radical (unpaired) electrons. The molecule has 0 amide bonds. The monoisotopic (exact) mass is 273 g/mol. The van der Waals surface area contributed by atoms with Gasteiger partial charge in [-0.3, -0.25) is 0 Å². The van der Waals surface area contributed by atoms with Crippen molar-refractivity contribution in [3.63, 3.8) is 0 Å². The normalized spacial score (nSPS) is 13.0. The number of hydrogen-bond acceptors (Lipinski definition) is 2. The Morgan fingerprint density at radius 3 is 2.30 bits per heavy atom. The van der Waals surface area contributed by atoms with Crippen LogP contribution in [0.15, 0.2) is 18.2 Å². The van der Waals surface area contributed by atoms with Gasteiger partial charge in [0.1, 0.15) is 11.5 Å². The SMILES string of the molecule is C[N-][Si](C)(C)[c-]1c(C)cc2cc3c(cc21)OCO3.[Li+].[Li+]. The van der Waals surface area contributed by atoms with Crippen LogP contribution in [0.25, 0.3) is 15.8 Å². The van der Waals surface area contributed by atoms with Crippen molar-refractivity contribution >= 4 is 24.2 Å². The molecule has 0 saturated carbocycles. The minimum absolute atomic E-state index is 0. The summed E-state index contributed by atoms with van der Waals surface area (Å²) in [6.45, 7) is 7.05. The van der Waals surface area contributed by atoms with Crippen LogP contribution in [0.4, 0.5) is 0 Å². The fraction of sp³-hybridized carbons (Fsp3) is 0.357. The van der Waals surface area contributed by atoms with Gasteiger partial charge in [0.15, 0.2) is 0 Å². The van der Waals surface area contributed by atoms with Crippen molar-refractivity contribution < 1.29 is 47.2 Å². The maximum absolute atomic E-state index is 5.48. The van der Waals surface area contributed by atoms with E-state index in [0.29, 0.717) is 6.79 Å². The number of benzene rings is 1. The van der Waals surface area contributed by atoms with Gasteiger partial charge >= 0.3 is 37.7 Å². The first-order valence-electron chi connectivity index (χ1n) is 6.14. The molecule has 6 heteroatoms. The van der Waals surface area contributed by atoms with E-state index in [9.17, 15) is 0 Å². The van der Waals surface area contributed by atoms with Gasteiger partial charge in [-0.25, -0.2) is 0 Å². The van der Waals surface area contributed by atoms with Gasteiger partial charge in [0, 0.05) is 0 Å². The topological polar surface area (TPSA) is 32.6 Å². The molecule has 0 fully saturated rings. The number of fused-ring (bicyclic) bond motifs is 2. The van der Waals surface area contributed by atoms with Crippen molar-refractivity contribution in [2.24, 2.45) is 0 Å².